The Morgan fingerprint density at radius 1 is 1.40 bits per heavy atom. The summed E-state index contributed by atoms with van der Waals surface area (Å²) in [6.07, 6.45) is 1.10. The maximum atomic E-state index is 13.4. The van der Waals surface area contributed by atoms with Crippen LogP contribution in [-0.4, -0.2) is 40.4 Å². The molecule has 1 aromatic carbocycles. The largest absolute Gasteiger partial charge is 0.390 e. The summed E-state index contributed by atoms with van der Waals surface area (Å²) in [6.45, 7) is 2.79. The summed E-state index contributed by atoms with van der Waals surface area (Å²) in [5, 5.41) is 9.82. The first-order valence-electron chi connectivity index (χ1n) is 6.45. The second-order valence-corrected chi connectivity index (χ2v) is 6.26. The third kappa shape index (κ3) is 3.93. The highest BCUT2D eigenvalue weighted by Crippen LogP contribution is 2.25. The molecule has 3 nitrogen and oxygen atoms in total. The van der Waals surface area contributed by atoms with Crippen LogP contribution in [0.4, 0.5) is 8.78 Å². The Morgan fingerprint density at radius 3 is 2.65 bits per heavy atom. The number of aliphatic hydroxyl groups is 1. The van der Waals surface area contributed by atoms with Crippen molar-refractivity contribution in [3.05, 3.63) is 29.8 Å². The van der Waals surface area contributed by atoms with Crippen LogP contribution in [0, 0.1) is 11.6 Å². The molecule has 1 saturated heterocycles. The maximum Gasteiger partial charge on any atom is 0.232 e. The molecule has 0 spiro atoms. The van der Waals surface area contributed by atoms with Crippen molar-refractivity contribution in [3.8, 4) is 0 Å². The lowest BCUT2D eigenvalue weighted by Crippen LogP contribution is -2.45. The molecule has 6 heteroatoms. The molecule has 110 valence electrons. The first-order valence-corrected chi connectivity index (χ1v) is 7.44. The van der Waals surface area contributed by atoms with E-state index in [2.05, 4.69) is 0 Å². The number of carbonyl (C=O) groups excluding carboxylic acids is 1. The second kappa shape index (κ2) is 6.10. The fourth-order valence-electron chi connectivity index (χ4n) is 2.06. The predicted octanol–water partition coefficient (Wildman–Crippen LogP) is 2.43. The van der Waals surface area contributed by atoms with Crippen molar-refractivity contribution in [1.82, 2.24) is 4.90 Å². The molecule has 0 unspecified atom stereocenters. The van der Waals surface area contributed by atoms with Gasteiger partial charge in [0.15, 0.2) is 0 Å². The lowest BCUT2D eigenvalue weighted by molar-refractivity contribution is -0.132. The summed E-state index contributed by atoms with van der Waals surface area (Å²) in [4.78, 5) is 13.9. The summed E-state index contributed by atoms with van der Waals surface area (Å²) < 4.78 is 26.2. The Kier molecular flexibility index (Phi) is 4.65. The van der Waals surface area contributed by atoms with E-state index >= 15 is 0 Å². The van der Waals surface area contributed by atoms with E-state index in [0.717, 1.165) is 17.8 Å². The minimum Gasteiger partial charge on any atom is -0.390 e. The van der Waals surface area contributed by atoms with Crippen LogP contribution in [0.3, 0.4) is 0 Å². The van der Waals surface area contributed by atoms with Crippen molar-refractivity contribution in [2.24, 2.45) is 0 Å². The van der Waals surface area contributed by atoms with E-state index in [1.54, 1.807) is 11.8 Å². The standard InChI is InChI=1S/C14H17F2NO2S/c1-14(19)4-6-17(7-5-14)13(18)9-20-12-3-2-10(15)8-11(12)16/h2-3,8,19H,4-7,9H2,1H3. The zero-order chi connectivity index (χ0) is 14.8. The molecule has 2 rings (SSSR count). The molecule has 1 aromatic rings. The predicted molar refractivity (Wildman–Crippen MR) is 73.5 cm³/mol. The number of likely N-dealkylation sites (tertiary alicyclic amines) is 1. The molecule has 0 bridgehead atoms. The molecule has 1 amide bonds. The van der Waals surface area contributed by atoms with Gasteiger partial charge in [-0.05, 0) is 31.9 Å². The molecule has 1 N–H and O–H groups in total. The van der Waals surface area contributed by atoms with Crippen molar-refractivity contribution < 1.29 is 18.7 Å². The van der Waals surface area contributed by atoms with Crippen molar-refractivity contribution >= 4 is 17.7 Å². The van der Waals surface area contributed by atoms with Crippen LogP contribution in [0.5, 0.6) is 0 Å². The highest BCUT2D eigenvalue weighted by molar-refractivity contribution is 8.00. The number of benzene rings is 1. The van der Waals surface area contributed by atoms with E-state index in [4.69, 9.17) is 0 Å². The van der Waals surface area contributed by atoms with Crippen LogP contribution in [0.15, 0.2) is 23.1 Å². The number of amides is 1. The quantitative estimate of drug-likeness (QED) is 0.872. The average Bonchev–Trinajstić information content (AvgIpc) is 2.37. The lowest BCUT2D eigenvalue weighted by atomic mass is 9.94. The van der Waals surface area contributed by atoms with Gasteiger partial charge in [0, 0.05) is 24.1 Å². The number of carbonyl (C=O) groups is 1. The first-order chi connectivity index (χ1) is 9.37. The molecule has 1 heterocycles. The van der Waals surface area contributed by atoms with Gasteiger partial charge in [-0.15, -0.1) is 11.8 Å². The second-order valence-electron chi connectivity index (χ2n) is 5.24. The third-order valence-corrected chi connectivity index (χ3v) is 4.47. The fraction of sp³-hybridized carbons (Fsp3) is 0.500. The van der Waals surface area contributed by atoms with Crippen molar-refractivity contribution in [1.29, 1.82) is 0 Å². The van der Waals surface area contributed by atoms with Crippen LogP contribution in [0.2, 0.25) is 0 Å². The molecule has 1 fully saturated rings. The SMILES string of the molecule is CC1(O)CCN(C(=O)CSc2ccc(F)cc2F)CC1. The van der Waals surface area contributed by atoms with Crippen LogP contribution >= 0.6 is 11.8 Å². The van der Waals surface area contributed by atoms with E-state index < -0.39 is 17.2 Å². The number of hydrogen-bond acceptors (Lipinski definition) is 3. The summed E-state index contributed by atoms with van der Waals surface area (Å²) >= 11 is 1.06. The summed E-state index contributed by atoms with van der Waals surface area (Å²) in [7, 11) is 0. The third-order valence-electron chi connectivity index (χ3n) is 3.44. The van der Waals surface area contributed by atoms with Crippen molar-refractivity contribution in [2.45, 2.75) is 30.3 Å². The van der Waals surface area contributed by atoms with Gasteiger partial charge >= 0.3 is 0 Å². The molecule has 20 heavy (non-hydrogen) atoms. The van der Waals surface area contributed by atoms with E-state index in [1.807, 2.05) is 0 Å². The monoisotopic (exact) mass is 301 g/mol. The van der Waals surface area contributed by atoms with Crippen LogP contribution in [0.1, 0.15) is 19.8 Å². The lowest BCUT2D eigenvalue weighted by Gasteiger charge is -2.35. The molecule has 0 aromatic heterocycles. The van der Waals surface area contributed by atoms with Gasteiger partial charge in [-0.2, -0.15) is 0 Å². The van der Waals surface area contributed by atoms with Gasteiger partial charge in [0.25, 0.3) is 0 Å². The fourth-order valence-corrected chi connectivity index (χ4v) is 2.88. The number of halogens is 2. The van der Waals surface area contributed by atoms with Gasteiger partial charge < -0.3 is 10.0 Å². The van der Waals surface area contributed by atoms with Gasteiger partial charge in [0.1, 0.15) is 11.6 Å². The number of piperidine rings is 1. The number of rotatable bonds is 3. The molecule has 0 radical (unpaired) electrons. The Bertz CT molecular complexity index is 498. The average molecular weight is 301 g/mol. The molecular weight excluding hydrogens is 284 g/mol. The Hall–Kier alpha value is -1.14. The summed E-state index contributed by atoms with van der Waals surface area (Å²) in [5.74, 6) is -1.25. The van der Waals surface area contributed by atoms with Gasteiger partial charge in [-0.3, -0.25) is 4.79 Å². The van der Waals surface area contributed by atoms with E-state index in [-0.39, 0.29) is 16.6 Å². The zero-order valence-corrected chi connectivity index (χ0v) is 12.1. The molecule has 0 atom stereocenters. The summed E-state index contributed by atoms with van der Waals surface area (Å²) in [5.41, 5.74) is -0.701. The van der Waals surface area contributed by atoms with Gasteiger partial charge in [-0.1, -0.05) is 0 Å². The topological polar surface area (TPSA) is 40.5 Å². The normalized spacial score (nSPS) is 18.1. The van der Waals surface area contributed by atoms with Crippen LogP contribution < -0.4 is 0 Å². The highest BCUT2D eigenvalue weighted by Gasteiger charge is 2.29. The van der Waals surface area contributed by atoms with Crippen molar-refractivity contribution in [2.75, 3.05) is 18.8 Å². The van der Waals surface area contributed by atoms with Gasteiger partial charge in [0.2, 0.25) is 5.91 Å². The van der Waals surface area contributed by atoms with Crippen molar-refractivity contribution in [3.63, 3.8) is 0 Å². The van der Waals surface area contributed by atoms with E-state index in [0.29, 0.717) is 25.9 Å². The van der Waals surface area contributed by atoms with Crippen LogP contribution in [0.25, 0.3) is 0 Å². The number of thioether (sulfide) groups is 1. The highest BCUT2D eigenvalue weighted by atomic mass is 32.2. The Morgan fingerprint density at radius 2 is 2.05 bits per heavy atom. The minimum atomic E-state index is -0.701. The minimum absolute atomic E-state index is 0.0887. The van der Waals surface area contributed by atoms with Crippen LogP contribution in [-0.2, 0) is 4.79 Å². The van der Waals surface area contributed by atoms with Gasteiger partial charge in [-0.25, -0.2) is 8.78 Å². The molecular formula is C14H17F2NO2S. The Labute approximate surface area is 121 Å². The molecule has 0 saturated carbocycles. The van der Waals surface area contributed by atoms with Gasteiger partial charge in [0.05, 0.1) is 11.4 Å². The molecule has 1 aliphatic rings. The Balaban J connectivity index is 1.86. The number of nitrogens with zero attached hydrogens (tertiary/aromatic N) is 1. The maximum absolute atomic E-state index is 13.4. The first kappa shape index (κ1) is 15.3. The smallest absolute Gasteiger partial charge is 0.232 e. The van der Waals surface area contributed by atoms with E-state index in [9.17, 15) is 18.7 Å². The summed E-state index contributed by atoms with van der Waals surface area (Å²) in [6, 6.07) is 3.32. The van der Waals surface area contributed by atoms with E-state index in [1.165, 1.54) is 12.1 Å². The zero-order valence-electron chi connectivity index (χ0n) is 11.2. The molecule has 0 aliphatic carbocycles. The number of hydrogen-bond donors (Lipinski definition) is 1. The molecule has 1 aliphatic heterocycles.